The lowest BCUT2D eigenvalue weighted by Crippen LogP contribution is -2.39. The van der Waals surface area contributed by atoms with Crippen LogP contribution in [0.2, 0.25) is 0 Å². The number of fused-ring (bicyclic) bond motifs is 1. The van der Waals surface area contributed by atoms with Crippen molar-refractivity contribution in [3.63, 3.8) is 0 Å². The normalized spacial score (nSPS) is 17.6. The molecule has 2 aromatic carbocycles. The Balaban J connectivity index is 1.53. The van der Waals surface area contributed by atoms with Gasteiger partial charge in [-0.25, -0.2) is 9.79 Å². The standard InChI is InChI=1S/C30H27N3O5S/c1-2-37-29(35)25-26(20-9-5-3-6-10-20)31-30-33(27(25)21-11-7-4-8-12-21)28(34)23(39-30)19-22-13-14-24(38-22)32-15-17-36-18-16-32/h3-14,19,27H,2,15-18H2,1H3/t27-/m1/s1. The van der Waals surface area contributed by atoms with Crippen molar-refractivity contribution in [1.82, 2.24) is 4.57 Å². The van der Waals surface area contributed by atoms with Crippen molar-refractivity contribution in [3.8, 4) is 0 Å². The van der Waals surface area contributed by atoms with Gasteiger partial charge in [-0.1, -0.05) is 72.0 Å². The van der Waals surface area contributed by atoms with Crippen LogP contribution in [0, 0.1) is 0 Å². The molecule has 1 saturated heterocycles. The smallest absolute Gasteiger partial charge is 0.338 e. The SMILES string of the molecule is CCOC(=O)C1=C(c2ccccc2)N=c2sc(=Cc3ccc(N4CCOCC4)o3)c(=O)n2[C@@H]1c1ccccc1. The van der Waals surface area contributed by atoms with E-state index in [4.69, 9.17) is 18.9 Å². The first-order chi connectivity index (χ1) is 19.1. The predicted molar refractivity (Wildman–Crippen MR) is 149 cm³/mol. The van der Waals surface area contributed by atoms with Crippen molar-refractivity contribution >= 4 is 35.0 Å². The number of nitrogens with zero attached hydrogens (tertiary/aromatic N) is 3. The van der Waals surface area contributed by atoms with Gasteiger partial charge in [0.05, 0.1) is 41.7 Å². The number of ether oxygens (including phenoxy) is 2. The van der Waals surface area contributed by atoms with Gasteiger partial charge in [0.2, 0.25) is 0 Å². The summed E-state index contributed by atoms with van der Waals surface area (Å²) in [6.45, 7) is 4.79. The van der Waals surface area contributed by atoms with Crippen molar-refractivity contribution in [1.29, 1.82) is 0 Å². The number of esters is 1. The zero-order valence-corrected chi connectivity index (χ0v) is 22.2. The molecular weight excluding hydrogens is 514 g/mol. The highest BCUT2D eigenvalue weighted by Gasteiger charge is 2.35. The van der Waals surface area contributed by atoms with E-state index >= 15 is 0 Å². The van der Waals surface area contributed by atoms with Gasteiger partial charge in [-0.05, 0) is 18.6 Å². The topological polar surface area (TPSA) is 86.3 Å². The van der Waals surface area contributed by atoms with Crippen molar-refractivity contribution in [3.05, 3.63) is 115 Å². The molecule has 6 rings (SSSR count). The number of aromatic nitrogens is 1. The molecule has 0 aliphatic carbocycles. The molecule has 2 aromatic heterocycles. The Bertz CT molecular complexity index is 1700. The number of anilines is 1. The fourth-order valence-corrected chi connectivity index (χ4v) is 5.87. The van der Waals surface area contributed by atoms with E-state index in [0.717, 1.165) is 30.1 Å². The summed E-state index contributed by atoms with van der Waals surface area (Å²) in [5, 5.41) is 0. The third kappa shape index (κ3) is 4.86. The van der Waals surface area contributed by atoms with E-state index in [1.54, 1.807) is 17.6 Å². The van der Waals surface area contributed by atoms with Gasteiger partial charge in [-0.3, -0.25) is 9.36 Å². The number of benzene rings is 2. The van der Waals surface area contributed by atoms with Gasteiger partial charge < -0.3 is 18.8 Å². The number of carbonyl (C=O) groups excluding carboxylic acids is 1. The third-order valence-electron chi connectivity index (χ3n) is 6.70. The van der Waals surface area contributed by atoms with Crippen LogP contribution >= 0.6 is 11.3 Å². The first-order valence-corrected chi connectivity index (χ1v) is 13.7. The van der Waals surface area contributed by atoms with Crippen LogP contribution in [0.1, 0.15) is 29.9 Å². The van der Waals surface area contributed by atoms with Gasteiger partial charge in [0.25, 0.3) is 5.56 Å². The average Bonchev–Trinajstić information content (AvgIpc) is 3.58. The largest absolute Gasteiger partial charge is 0.463 e. The van der Waals surface area contributed by atoms with Gasteiger partial charge in [0, 0.05) is 30.8 Å². The van der Waals surface area contributed by atoms with Gasteiger partial charge in [-0.15, -0.1) is 0 Å². The molecule has 4 heterocycles. The molecule has 0 bridgehead atoms. The van der Waals surface area contributed by atoms with E-state index in [2.05, 4.69) is 4.90 Å². The molecule has 1 fully saturated rings. The van der Waals surface area contributed by atoms with E-state index in [0.29, 0.717) is 39.6 Å². The van der Waals surface area contributed by atoms with Crippen molar-refractivity contribution in [2.45, 2.75) is 13.0 Å². The highest BCUT2D eigenvalue weighted by atomic mass is 32.1. The highest BCUT2D eigenvalue weighted by molar-refractivity contribution is 7.07. The zero-order valence-electron chi connectivity index (χ0n) is 21.4. The molecule has 0 saturated carbocycles. The van der Waals surface area contributed by atoms with E-state index in [1.165, 1.54) is 11.3 Å². The fraction of sp³-hybridized carbons (Fsp3) is 0.233. The lowest BCUT2D eigenvalue weighted by molar-refractivity contribution is -0.138. The second-order valence-electron chi connectivity index (χ2n) is 9.12. The lowest BCUT2D eigenvalue weighted by Gasteiger charge is -2.26. The Morgan fingerprint density at radius 2 is 1.77 bits per heavy atom. The van der Waals surface area contributed by atoms with Crippen LogP contribution in [0.5, 0.6) is 0 Å². The first-order valence-electron chi connectivity index (χ1n) is 12.9. The maximum atomic E-state index is 13.9. The zero-order chi connectivity index (χ0) is 26.8. The Kier molecular flexibility index (Phi) is 7.00. The van der Waals surface area contributed by atoms with Crippen molar-refractivity contribution in [2.75, 3.05) is 37.8 Å². The molecule has 9 heteroatoms. The molecule has 0 N–H and O–H groups in total. The van der Waals surface area contributed by atoms with Crippen molar-refractivity contribution in [2.24, 2.45) is 4.99 Å². The predicted octanol–water partition coefficient (Wildman–Crippen LogP) is 3.37. The molecule has 0 unspecified atom stereocenters. The van der Waals surface area contributed by atoms with E-state index in [1.807, 2.05) is 72.8 Å². The van der Waals surface area contributed by atoms with Gasteiger partial charge >= 0.3 is 5.97 Å². The summed E-state index contributed by atoms with van der Waals surface area (Å²) in [4.78, 5) is 34.9. The molecule has 0 radical (unpaired) electrons. The van der Waals surface area contributed by atoms with Crippen LogP contribution in [0.25, 0.3) is 11.8 Å². The van der Waals surface area contributed by atoms with Crippen LogP contribution in [0.3, 0.4) is 0 Å². The first kappa shape index (κ1) is 25.1. The maximum absolute atomic E-state index is 13.9. The average molecular weight is 542 g/mol. The summed E-state index contributed by atoms with van der Waals surface area (Å²) >= 11 is 1.27. The summed E-state index contributed by atoms with van der Waals surface area (Å²) in [6, 6.07) is 22.1. The molecule has 4 aromatic rings. The molecule has 0 spiro atoms. The molecule has 8 nitrogen and oxygen atoms in total. The van der Waals surface area contributed by atoms with Crippen LogP contribution in [-0.4, -0.2) is 43.4 Å². The molecule has 2 aliphatic heterocycles. The van der Waals surface area contributed by atoms with Crippen molar-refractivity contribution < 1.29 is 18.7 Å². The lowest BCUT2D eigenvalue weighted by atomic mass is 9.93. The van der Waals surface area contributed by atoms with Crippen LogP contribution in [-0.2, 0) is 14.3 Å². The monoisotopic (exact) mass is 541 g/mol. The summed E-state index contributed by atoms with van der Waals surface area (Å²) in [5.41, 5.74) is 2.17. The van der Waals surface area contributed by atoms with Crippen LogP contribution < -0.4 is 19.8 Å². The summed E-state index contributed by atoms with van der Waals surface area (Å²) in [6.07, 6.45) is 1.74. The number of rotatable bonds is 6. The summed E-state index contributed by atoms with van der Waals surface area (Å²) < 4.78 is 19.1. The number of morpholine rings is 1. The molecule has 1 atom stereocenters. The minimum atomic E-state index is -0.695. The molecule has 0 amide bonds. The second kappa shape index (κ2) is 10.9. The van der Waals surface area contributed by atoms with E-state index in [-0.39, 0.29) is 12.2 Å². The minimum Gasteiger partial charge on any atom is -0.463 e. The number of carbonyl (C=O) groups is 1. The molecule has 2 aliphatic rings. The molecule has 198 valence electrons. The van der Waals surface area contributed by atoms with Gasteiger partial charge in [0.15, 0.2) is 10.7 Å². The third-order valence-corrected chi connectivity index (χ3v) is 7.68. The van der Waals surface area contributed by atoms with E-state index in [9.17, 15) is 9.59 Å². The molecular formula is C30H27N3O5S. The number of thiazole rings is 1. The molecule has 39 heavy (non-hydrogen) atoms. The quantitative estimate of drug-likeness (QED) is 0.348. The number of hydrogen-bond donors (Lipinski definition) is 0. The van der Waals surface area contributed by atoms with Gasteiger partial charge in [-0.2, -0.15) is 0 Å². The Labute approximate surface area is 228 Å². The maximum Gasteiger partial charge on any atom is 0.338 e. The van der Waals surface area contributed by atoms with Crippen LogP contribution in [0.15, 0.2) is 92.6 Å². The number of furan rings is 1. The highest BCUT2D eigenvalue weighted by Crippen LogP contribution is 2.35. The van der Waals surface area contributed by atoms with Crippen LogP contribution in [0.4, 0.5) is 5.88 Å². The number of hydrogen-bond acceptors (Lipinski definition) is 8. The van der Waals surface area contributed by atoms with Gasteiger partial charge in [0.1, 0.15) is 5.76 Å². The van der Waals surface area contributed by atoms with E-state index < -0.39 is 12.0 Å². The fourth-order valence-electron chi connectivity index (χ4n) is 4.89. The Morgan fingerprint density at radius 3 is 2.49 bits per heavy atom. The minimum absolute atomic E-state index is 0.209. The Morgan fingerprint density at radius 1 is 1.05 bits per heavy atom. The summed E-state index contributed by atoms with van der Waals surface area (Å²) in [5.74, 6) is 0.825. The summed E-state index contributed by atoms with van der Waals surface area (Å²) in [7, 11) is 0. The Hall–Kier alpha value is -4.21. The second-order valence-corrected chi connectivity index (χ2v) is 10.1.